The van der Waals surface area contributed by atoms with Gasteiger partial charge < -0.3 is 19.2 Å². The number of rotatable bonds is 9. The van der Waals surface area contributed by atoms with Crippen LogP contribution in [0.3, 0.4) is 0 Å². The van der Waals surface area contributed by atoms with Gasteiger partial charge in [-0.15, -0.1) is 24.0 Å². The van der Waals surface area contributed by atoms with E-state index in [1.807, 2.05) is 18.2 Å². The van der Waals surface area contributed by atoms with Crippen molar-refractivity contribution in [3.8, 4) is 0 Å². The summed E-state index contributed by atoms with van der Waals surface area (Å²) >= 11 is 0. The summed E-state index contributed by atoms with van der Waals surface area (Å²) in [4.78, 5) is 12.1. The maximum Gasteiger partial charge on any atom is 0.194 e. The van der Waals surface area contributed by atoms with Crippen molar-refractivity contribution in [3.63, 3.8) is 0 Å². The van der Waals surface area contributed by atoms with Crippen molar-refractivity contribution in [2.45, 2.75) is 33.4 Å². The van der Waals surface area contributed by atoms with Crippen LogP contribution in [-0.4, -0.2) is 78.2 Å². The van der Waals surface area contributed by atoms with Crippen molar-refractivity contribution in [1.29, 1.82) is 0 Å². The first-order valence-corrected chi connectivity index (χ1v) is 10.7. The van der Waals surface area contributed by atoms with E-state index in [2.05, 4.69) is 45.9 Å². The molecule has 1 fully saturated rings. The molecule has 30 heavy (non-hydrogen) atoms. The minimum atomic E-state index is 0. The number of aliphatic imine (C=N–C) groups is 1. The third-order valence-corrected chi connectivity index (χ3v) is 5.42. The lowest BCUT2D eigenvalue weighted by Crippen LogP contribution is -2.52. The number of hydrogen-bond acceptors (Lipinski definition) is 6. The molecule has 9 heteroatoms. The molecule has 3 rings (SSSR count). The first-order chi connectivity index (χ1) is 14.2. The summed E-state index contributed by atoms with van der Waals surface area (Å²) in [7, 11) is 0. The van der Waals surface area contributed by atoms with Gasteiger partial charge in [-0.1, -0.05) is 19.0 Å². The van der Waals surface area contributed by atoms with Gasteiger partial charge in [0.05, 0.1) is 24.5 Å². The number of piperazine rings is 1. The number of nitrogens with one attached hydrogen (secondary N) is 1. The van der Waals surface area contributed by atoms with Gasteiger partial charge in [-0.25, -0.2) is 0 Å². The molecule has 0 spiro atoms. The summed E-state index contributed by atoms with van der Waals surface area (Å²) in [6.07, 6.45) is 3.38. The highest BCUT2D eigenvalue weighted by molar-refractivity contribution is 14.0. The van der Waals surface area contributed by atoms with Crippen LogP contribution in [0.25, 0.3) is 0 Å². The first-order valence-electron chi connectivity index (χ1n) is 10.7. The van der Waals surface area contributed by atoms with E-state index < -0.39 is 0 Å². The number of nitrogens with zero attached hydrogens (tertiary/aromatic N) is 5. The minimum Gasteiger partial charge on any atom is -0.468 e. The highest BCUT2D eigenvalue weighted by Crippen LogP contribution is 2.21. The van der Waals surface area contributed by atoms with Gasteiger partial charge in [-0.3, -0.25) is 14.8 Å². The van der Waals surface area contributed by atoms with Gasteiger partial charge in [0, 0.05) is 45.3 Å². The highest BCUT2D eigenvalue weighted by atomic mass is 127. The molecule has 0 radical (unpaired) electrons. The highest BCUT2D eigenvalue weighted by Gasteiger charge is 2.23. The van der Waals surface area contributed by atoms with E-state index in [0.717, 1.165) is 69.8 Å². The Labute approximate surface area is 196 Å². The summed E-state index contributed by atoms with van der Waals surface area (Å²) in [5, 5.41) is 7.49. The monoisotopic (exact) mass is 530 g/mol. The topological polar surface area (TPSA) is 73.3 Å². The zero-order valence-corrected chi connectivity index (χ0v) is 20.6. The number of halogens is 1. The largest absolute Gasteiger partial charge is 0.468 e. The maximum absolute atomic E-state index is 5.72. The van der Waals surface area contributed by atoms with Crippen LogP contribution in [0, 0.1) is 0 Å². The average molecular weight is 530 g/mol. The van der Waals surface area contributed by atoms with E-state index in [1.54, 1.807) is 12.5 Å². The lowest BCUT2D eigenvalue weighted by atomic mass is 10.2. The Hall–Kier alpha value is -1.59. The second kappa shape index (κ2) is 13.0. The Bertz CT molecular complexity index is 710. The molecule has 168 valence electrons. The Morgan fingerprint density at radius 2 is 1.93 bits per heavy atom. The Morgan fingerprint density at radius 3 is 2.50 bits per heavy atom. The van der Waals surface area contributed by atoms with E-state index in [9.17, 15) is 0 Å². The molecule has 0 aromatic carbocycles. The molecule has 1 atom stereocenters. The molecule has 1 aliphatic heterocycles. The summed E-state index contributed by atoms with van der Waals surface area (Å²) in [5.74, 6) is 1.96. The third-order valence-electron chi connectivity index (χ3n) is 5.42. The SMILES string of the molecule is CCNC(=NCC(c1ccco1)N(CC)CC)N1CCN(Cc2ccon2)CC1.I. The Morgan fingerprint density at radius 1 is 1.17 bits per heavy atom. The normalized spacial score (nSPS) is 16.5. The number of aromatic nitrogens is 1. The fourth-order valence-electron chi connectivity index (χ4n) is 3.80. The van der Waals surface area contributed by atoms with Gasteiger partial charge >= 0.3 is 0 Å². The van der Waals surface area contributed by atoms with Crippen LogP contribution >= 0.6 is 24.0 Å². The lowest BCUT2D eigenvalue weighted by molar-refractivity contribution is 0.167. The fraction of sp³-hybridized carbons (Fsp3) is 0.619. The lowest BCUT2D eigenvalue weighted by Gasteiger charge is -2.36. The van der Waals surface area contributed by atoms with Crippen LogP contribution in [0.1, 0.15) is 38.3 Å². The number of guanidine groups is 1. The predicted molar refractivity (Wildman–Crippen MR) is 129 cm³/mol. The van der Waals surface area contributed by atoms with Crippen LogP contribution in [0.15, 0.2) is 44.7 Å². The molecule has 1 saturated heterocycles. The van der Waals surface area contributed by atoms with Gasteiger partial charge in [0.15, 0.2) is 5.96 Å². The number of likely N-dealkylation sites (N-methyl/N-ethyl adjacent to an activating group) is 1. The summed E-state index contributed by atoms with van der Waals surface area (Å²) < 4.78 is 10.7. The second-order valence-corrected chi connectivity index (χ2v) is 7.20. The molecule has 0 bridgehead atoms. The van der Waals surface area contributed by atoms with Crippen molar-refractivity contribution in [2.75, 3.05) is 52.4 Å². The predicted octanol–water partition coefficient (Wildman–Crippen LogP) is 3.05. The molecule has 2 aromatic heterocycles. The Balaban J connectivity index is 0.00000320. The quantitative estimate of drug-likeness (QED) is 0.304. The van der Waals surface area contributed by atoms with Crippen LogP contribution in [0.5, 0.6) is 0 Å². The molecule has 1 unspecified atom stereocenters. The van der Waals surface area contributed by atoms with Crippen molar-refractivity contribution >= 4 is 29.9 Å². The van der Waals surface area contributed by atoms with E-state index in [0.29, 0.717) is 6.54 Å². The molecular formula is C21H35IN6O2. The molecule has 8 nitrogen and oxygen atoms in total. The van der Waals surface area contributed by atoms with Gasteiger partial charge in [0.25, 0.3) is 0 Å². The molecule has 3 heterocycles. The van der Waals surface area contributed by atoms with Crippen molar-refractivity contribution in [3.05, 3.63) is 42.2 Å². The zero-order valence-electron chi connectivity index (χ0n) is 18.3. The van der Waals surface area contributed by atoms with E-state index in [-0.39, 0.29) is 30.0 Å². The van der Waals surface area contributed by atoms with E-state index >= 15 is 0 Å². The van der Waals surface area contributed by atoms with Crippen LogP contribution in [0.2, 0.25) is 0 Å². The van der Waals surface area contributed by atoms with E-state index in [4.69, 9.17) is 13.9 Å². The van der Waals surface area contributed by atoms with E-state index in [1.165, 1.54) is 0 Å². The molecular weight excluding hydrogens is 495 g/mol. The summed E-state index contributed by atoms with van der Waals surface area (Å²) in [6.45, 7) is 14.6. The Kier molecular flexibility index (Phi) is 10.7. The van der Waals surface area contributed by atoms with Gasteiger partial charge in [0.1, 0.15) is 12.0 Å². The van der Waals surface area contributed by atoms with Gasteiger partial charge in [-0.2, -0.15) is 0 Å². The molecule has 2 aromatic rings. The van der Waals surface area contributed by atoms with Crippen LogP contribution in [0.4, 0.5) is 0 Å². The summed E-state index contributed by atoms with van der Waals surface area (Å²) in [5.41, 5.74) is 0.986. The first kappa shape index (κ1) is 24.7. The summed E-state index contributed by atoms with van der Waals surface area (Å²) in [6, 6.07) is 6.09. The second-order valence-electron chi connectivity index (χ2n) is 7.20. The number of hydrogen-bond donors (Lipinski definition) is 1. The molecule has 1 aliphatic rings. The molecule has 0 amide bonds. The standard InChI is InChI=1S/C21H34N6O2.HI/c1-4-22-21(23-16-19(26(5-2)6-3)20-8-7-14-28-20)27-12-10-25(11-13-27)17-18-9-15-29-24-18;/h7-9,14-15,19H,4-6,10-13,16-17H2,1-3H3,(H,22,23);1H. The minimum absolute atomic E-state index is 0. The fourth-order valence-corrected chi connectivity index (χ4v) is 3.80. The number of furan rings is 1. The average Bonchev–Trinajstić information content (AvgIpc) is 3.45. The van der Waals surface area contributed by atoms with Crippen molar-refractivity contribution in [2.24, 2.45) is 4.99 Å². The molecule has 0 saturated carbocycles. The van der Waals surface area contributed by atoms with Gasteiger partial charge in [-0.05, 0) is 32.1 Å². The third kappa shape index (κ3) is 6.71. The molecule has 1 N–H and O–H groups in total. The van der Waals surface area contributed by atoms with Gasteiger partial charge in [0.2, 0.25) is 0 Å². The smallest absolute Gasteiger partial charge is 0.194 e. The maximum atomic E-state index is 5.72. The van der Waals surface area contributed by atoms with Crippen molar-refractivity contribution in [1.82, 2.24) is 25.2 Å². The van der Waals surface area contributed by atoms with Crippen LogP contribution in [-0.2, 0) is 6.54 Å². The van der Waals surface area contributed by atoms with Crippen LogP contribution < -0.4 is 5.32 Å². The van der Waals surface area contributed by atoms with Crippen molar-refractivity contribution < 1.29 is 8.94 Å². The molecule has 0 aliphatic carbocycles. The zero-order chi connectivity index (χ0) is 20.5.